The Balaban J connectivity index is 1.44. The number of aromatic nitrogens is 3. The van der Waals surface area contributed by atoms with Crippen LogP contribution in [0.5, 0.6) is 0 Å². The molecule has 4 rings (SSSR count). The molecule has 1 fully saturated rings. The predicted octanol–water partition coefficient (Wildman–Crippen LogP) is 4.30. The quantitative estimate of drug-likeness (QED) is 0.711. The number of benzene rings is 1. The Kier molecular flexibility index (Phi) is 5.39. The maximum absolute atomic E-state index is 4.77. The van der Waals surface area contributed by atoms with Gasteiger partial charge in [-0.15, -0.1) is 0 Å². The standard InChI is InChI=1S/C22H25N5/c1-17-9-10-21(24-16-17)26-22-23-13-11-19(25-22)20-8-5-14-27(20)15-12-18-6-3-2-4-7-18/h2-4,6-7,9-11,13,16,20H,5,8,12,14-15H2,1H3,(H,23,24,25,26)/t20-/m0/s1. The van der Waals surface area contributed by atoms with Gasteiger partial charge in [-0.3, -0.25) is 4.90 Å². The highest BCUT2D eigenvalue weighted by molar-refractivity contribution is 5.47. The van der Waals surface area contributed by atoms with E-state index in [1.807, 2.05) is 37.5 Å². The number of nitrogens with zero attached hydrogens (tertiary/aromatic N) is 4. The second kappa shape index (κ2) is 8.27. The molecule has 1 saturated heterocycles. The molecule has 5 heteroatoms. The lowest BCUT2D eigenvalue weighted by molar-refractivity contribution is 0.256. The third-order valence-electron chi connectivity index (χ3n) is 5.06. The smallest absolute Gasteiger partial charge is 0.228 e. The molecule has 3 heterocycles. The summed E-state index contributed by atoms with van der Waals surface area (Å²) in [4.78, 5) is 16.1. The zero-order valence-electron chi connectivity index (χ0n) is 15.7. The van der Waals surface area contributed by atoms with Gasteiger partial charge < -0.3 is 5.32 Å². The fraction of sp³-hybridized carbons (Fsp3) is 0.318. The molecular formula is C22H25N5. The molecule has 0 saturated carbocycles. The molecule has 1 N–H and O–H groups in total. The normalized spacial score (nSPS) is 17.1. The summed E-state index contributed by atoms with van der Waals surface area (Å²) in [6, 6.07) is 17.1. The summed E-state index contributed by atoms with van der Waals surface area (Å²) in [7, 11) is 0. The fourth-order valence-corrected chi connectivity index (χ4v) is 3.62. The van der Waals surface area contributed by atoms with Crippen LogP contribution in [-0.2, 0) is 6.42 Å². The van der Waals surface area contributed by atoms with E-state index in [0.29, 0.717) is 12.0 Å². The first-order valence-corrected chi connectivity index (χ1v) is 9.58. The van der Waals surface area contributed by atoms with Gasteiger partial charge in [-0.25, -0.2) is 15.0 Å². The van der Waals surface area contributed by atoms with Gasteiger partial charge in [0.2, 0.25) is 5.95 Å². The molecule has 0 aliphatic carbocycles. The van der Waals surface area contributed by atoms with Gasteiger partial charge >= 0.3 is 0 Å². The highest BCUT2D eigenvalue weighted by atomic mass is 15.2. The molecule has 1 aromatic carbocycles. The molecule has 0 spiro atoms. The summed E-state index contributed by atoms with van der Waals surface area (Å²) in [5.74, 6) is 1.38. The van der Waals surface area contributed by atoms with E-state index in [0.717, 1.165) is 43.0 Å². The number of rotatable bonds is 6. The minimum absolute atomic E-state index is 0.364. The average molecular weight is 359 g/mol. The van der Waals surface area contributed by atoms with Gasteiger partial charge in [-0.2, -0.15) is 0 Å². The van der Waals surface area contributed by atoms with Gasteiger partial charge in [-0.05, 0) is 56.0 Å². The van der Waals surface area contributed by atoms with Crippen LogP contribution in [0.25, 0.3) is 0 Å². The van der Waals surface area contributed by atoms with Crippen molar-refractivity contribution in [1.29, 1.82) is 0 Å². The Hall–Kier alpha value is -2.79. The van der Waals surface area contributed by atoms with Gasteiger partial charge in [-0.1, -0.05) is 36.4 Å². The minimum atomic E-state index is 0.364. The number of anilines is 2. The third kappa shape index (κ3) is 4.49. The monoisotopic (exact) mass is 359 g/mol. The molecule has 0 amide bonds. The lowest BCUT2D eigenvalue weighted by Crippen LogP contribution is -2.26. The van der Waals surface area contributed by atoms with Crippen LogP contribution in [0.4, 0.5) is 11.8 Å². The van der Waals surface area contributed by atoms with Crippen LogP contribution in [0.3, 0.4) is 0 Å². The van der Waals surface area contributed by atoms with Crippen molar-refractivity contribution in [1.82, 2.24) is 19.9 Å². The van der Waals surface area contributed by atoms with Crippen molar-refractivity contribution in [3.8, 4) is 0 Å². The Bertz CT molecular complexity index is 863. The fourth-order valence-electron chi connectivity index (χ4n) is 3.62. The summed E-state index contributed by atoms with van der Waals surface area (Å²) in [5, 5.41) is 3.22. The van der Waals surface area contributed by atoms with Crippen LogP contribution in [0.15, 0.2) is 60.9 Å². The number of likely N-dealkylation sites (tertiary alicyclic amines) is 1. The summed E-state index contributed by atoms with van der Waals surface area (Å²) >= 11 is 0. The number of hydrogen-bond acceptors (Lipinski definition) is 5. The third-order valence-corrected chi connectivity index (χ3v) is 5.06. The second-order valence-corrected chi connectivity index (χ2v) is 7.08. The SMILES string of the molecule is Cc1ccc(Nc2nccc([C@@H]3CCCN3CCc3ccccc3)n2)nc1. The Morgan fingerprint density at radius 3 is 2.78 bits per heavy atom. The van der Waals surface area contributed by atoms with E-state index in [-0.39, 0.29) is 0 Å². The maximum atomic E-state index is 4.77. The molecule has 5 nitrogen and oxygen atoms in total. The Labute approximate surface area is 160 Å². The van der Waals surface area contributed by atoms with E-state index < -0.39 is 0 Å². The summed E-state index contributed by atoms with van der Waals surface area (Å²) in [6.45, 7) is 4.21. The maximum Gasteiger partial charge on any atom is 0.228 e. The van der Waals surface area contributed by atoms with Crippen molar-refractivity contribution in [3.63, 3.8) is 0 Å². The van der Waals surface area contributed by atoms with Crippen molar-refractivity contribution in [2.45, 2.75) is 32.2 Å². The van der Waals surface area contributed by atoms with Crippen LogP contribution in [0.1, 0.15) is 35.7 Å². The number of aryl methyl sites for hydroxylation is 1. The summed E-state index contributed by atoms with van der Waals surface area (Å²) in [5.41, 5.74) is 3.61. The number of nitrogens with one attached hydrogen (secondary N) is 1. The van der Waals surface area contributed by atoms with Crippen molar-refractivity contribution in [2.24, 2.45) is 0 Å². The Morgan fingerprint density at radius 2 is 1.96 bits per heavy atom. The van der Waals surface area contributed by atoms with E-state index in [4.69, 9.17) is 4.98 Å². The largest absolute Gasteiger partial charge is 0.309 e. The molecule has 1 atom stereocenters. The minimum Gasteiger partial charge on any atom is -0.309 e. The molecule has 3 aromatic rings. The van der Waals surface area contributed by atoms with Gasteiger partial charge in [0, 0.05) is 18.9 Å². The highest BCUT2D eigenvalue weighted by Gasteiger charge is 2.27. The van der Waals surface area contributed by atoms with Gasteiger partial charge in [0.05, 0.1) is 11.7 Å². The first kappa shape index (κ1) is 17.6. The number of pyridine rings is 1. The lowest BCUT2D eigenvalue weighted by Gasteiger charge is -2.24. The molecule has 138 valence electrons. The van der Waals surface area contributed by atoms with Crippen molar-refractivity contribution in [2.75, 3.05) is 18.4 Å². The van der Waals surface area contributed by atoms with E-state index in [2.05, 4.69) is 50.5 Å². The highest BCUT2D eigenvalue weighted by Crippen LogP contribution is 2.31. The van der Waals surface area contributed by atoms with Crippen molar-refractivity contribution >= 4 is 11.8 Å². The Morgan fingerprint density at radius 1 is 1.07 bits per heavy atom. The molecule has 0 unspecified atom stereocenters. The number of hydrogen-bond donors (Lipinski definition) is 1. The van der Waals surface area contributed by atoms with Crippen LogP contribution >= 0.6 is 0 Å². The summed E-state index contributed by atoms with van der Waals surface area (Å²) < 4.78 is 0. The van der Waals surface area contributed by atoms with Crippen molar-refractivity contribution in [3.05, 3.63) is 77.7 Å². The predicted molar refractivity (Wildman–Crippen MR) is 108 cm³/mol. The molecule has 1 aliphatic heterocycles. The first-order chi connectivity index (χ1) is 13.3. The molecular weight excluding hydrogens is 334 g/mol. The van der Waals surface area contributed by atoms with Crippen LogP contribution in [0.2, 0.25) is 0 Å². The molecule has 2 aromatic heterocycles. The topological polar surface area (TPSA) is 53.9 Å². The van der Waals surface area contributed by atoms with Gasteiger partial charge in [0.15, 0.2) is 0 Å². The van der Waals surface area contributed by atoms with Crippen LogP contribution in [-0.4, -0.2) is 32.9 Å². The van der Waals surface area contributed by atoms with Crippen LogP contribution in [0, 0.1) is 6.92 Å². The van der Waals surface area contributed by atoms with E-state index >= 15 is 0 Å². The molecule has 27 heavy (non-hydrogen) atoms. The summed E-state index contributed by atoms with van der Waals surface area (Å²) in [6.07, 6.45) is 7.11. The second-order valence-electron chi connectivity index (χ2n) is 7.08. The zero-order chi connectivity index (χ0) is 18.5. The van der Waals surface area contributed by atoms with Crippen molar-refractivity contribution < 1.29 is 0 Å². The van der Waals surface area contributed by atoms with Crippen LogP contribution < -0.4 is 5.32 Å². The molecule has 0 radical (unpaired) electrons. The van der Waals surface area contributed by atoms with Gasteiger partial charge in [0.25, 0.3) is 0 Å². The lowest BCUT2D eigenvalue weighted by atomic mass is 10.1. The first-order valence-electron chi connectivity index (χ1n) is 9.58. The molecule has 1 aliphatic rings. The van der Waals surface area contributed by atoms with E-state index in [1.165, 1.54) is 12.0 Å². The zero-order valence-corrected chi connectivity index (χ0v) is 15.7. The molecule has 0 bridgehead atoms. The van der Waals surface area contributed by atoms with E-state index in [1.54, 1.807) is 0 Å². The average Bonchev–Trinajstić information content (AvgIpc) is 3.18. The van der Waals surface area contributed by atoms with Gasteiger partial charge in [0.1, 0.15) is 5.82 Å². The van der Waals surface area contributed by atoms with E-state index in [9.17, 15) is 0 Å².